The van der Waals surface area contributed by atoms with Crippen LogP contribution in [-0.2, 0) is 11.2 Å². The van der Waals surface area contributed by atoms with Crippen molar-refractivity contribution in [3.63, 3.8) is 0 Å². The third-order valence-electron chi connectivity index (χ3n) is 4.62. The minimum atomic E-state index is 0.0815. The highest BCUT2D eigenvalue weighted by molar-refractivity contribution is 5.80. The molecule has 102 valence electrons. The number of amides is 1. The third-order valence-corrected chi connectivity index (χ3v) is 4.62. The van der Waals surface area contributed by atoms with Gasteiger partial charge in [0.05, 0.1) is 6.04 Å². The van der Waals surface area contributed by atoms with Crippen LogP contribution in [0.5, 0.6) is 0 Å². The molecule has 1 atom stereocenters. The highest BCUT2D eigenvalue weighted by Gasteiger charge is 2.34. The van der Waals surface area contributed by atoms with E-state index in [1.54, 1.807) is 0 Å². The lowest BCUT2D eigenvalue weighted by Crippen LogP contribution is -2.45. The van der Waals surface area contributed by atoms with Crippen molar-refractivity contribution in [1.29, 1.82) is 0 Å². The van der Waals surface area contributed by atoms with E-state index in [-0.39, 0.29) is 12.0 Å². The summed E-state index contributed by atoms with van der Waals surface area (Å²) in [5, 5.41) is 0. The predicted molar refractivity (Wildman–Crippen MR) is 75.6 cm³/mol. The molecule has 3 heteroatoms. The van der Waals surface area contributed by atoms with Gasteiger partial charge in [-0.2, -0.15) is 0 Å². The summed E-state index contributed by atoms with van der Waals surface area (Å²) in [6.07, 6.45) is 5.50. The van der Waals surface area contributed by atoms with Crippen molar-refractivity contribution in [2.75, 3.05) is 13.1 Å². The maximum Gasteiger partial charge on any atom is 0.226 e. The van der Waals surface area contributed by atoms with Gasteiger partial charge in [-0.05, 0) is 30.4 Å². The first-order valence-electron chi connectivity index (χ1n) is 7.39. The van der Waals surface area contributed by atoms with Crippen molar-refractivity contribution < 1.29 is 4.79 Å². The van der Waals surface area contributed by atoms with Gasteiger partial charge < -0.3 is 10.6 Å². The number of fused-ring (bicyclic) bond motifs is 1. The van der Waals surface area contributed by atoms with Gasteiger partial charge in [0.1, 0.15) is 0 Å². The van der Waals surface area contributed by atoms with Crippen LogP contribution in [0.25, 0.3) is 0 Å². The van der Waals surface area contributed by atoms with Crippen molar-refractivity contribution in [2.24, 2.45) is 11.7 Å². The van der Waals surface area contributed by atoms with Crippen LogP contribution >= 0.6 is 0 Å². The molecule has 0 bridgehead atoms. The number of nitrogens with zero attached hydrogens (tertiary/aromatic N) is 1. The molecular weight excluding hydrogens is 236 g/mol. The van der Waals surface area contributed by atoms with Gasteiger partial charge in [-0.25, -0.2) is 0 Å². The van der Waals surface area contributed by atoms with E-state index < -0.39 is 0 Å². The summed E-state index contributed by atoms with van der Waals surface area (Å²) in [6.45, 7) is 1.35. The van der Waals surface area contributed by atoms with Crippen molar-refractivity contribution in [2.45, 2.75) is 38.1 Å². The summed E-state index contributed by atoms with van der Waals surface area (Å²) in [7, 11) is 0. The van der Waals surface area contributed by atoms with Crippen molar-refractivity contribution >= 4 is 5.91 Å². The summed E-state index contributed by atoms with van der Waals surface area (Å²) in [5.41, 5.74) is 8.56. The minimum absolute atomic E-state index is 0.0815. The SMILES string of the molecule is NCC1c2ccccc2CCN1C(=O)C1CCCC1. The summed E-state index contributed by atoms with van der Waals surface area (Å²) in [6, 6.07) is 8.49. The zero-order valence-corrected chi connectivity index (χ0v) is 11.3. The van der Waals surface area contributed by atoms with E-state index in [0.717, 1.165) is 25.8 Å². The van der Waals surface area contributed by atoms with E-state index in [4.69, 9.17) is 5.73 Å². The number of carbonyl (C=O) groups is 1. The smallest absolute Gasteiger partial charge is 0.226 e. The molecule has 1 fully saturated rings. The number of hydrogen-bond acceptors (Lipinski definition) is 2. The molecule has 19 heavy (non-hydrogen) atoms. The number of hydrogen-bond donors (Lipinski definition) is 1. The van der Waals surface area contributed by atoms with E-state index in [1.165, 1.54) is 24.0 Å². The molecule has 1 saturated carbocycles. The summed E-state index contributed by atoms with van der Waals surface area (Å²) < 4.78 is 0. The Labute approximate surface area is 114 Å². The average molecular weight is 258 g/mol. The highest BCUT2D eigenvalue weighted by Crippen LogP contribution is 2.33. The second-order valence-electron chi connectivity index (χ2n) is 5.71. The average Bonchev–Trinajstić information content (AvgIpc) is 2.99. The van der Waals surface area contributed by atoms with Gasteiger partial charge in [0.15, 0.2) is 0 Å². The fourth-order valence-electron chi connectivity index (χ4n) is 3.58. The molecule has 3 nitrogen and oxygen atoms in total. The number of carbonyl (C=O) groups excluding carboxylic acids is 1. The Hall–Kier alpha value is -1.35. The normalized spacial score (nSPS) is 23.4. The second kappa shape index (κ2) is 5.33. The van der Waals surface area contributed by atoms with Gasteiger partial charge in [-0.3, -0.25) is 4.79 Å². The molecule has 1 aromatic rings. The van der Waals surface area contributed by atoms with E-state index in [9.17, 15) is 4.79 Å². The lowest BCUT2D eigenvalue weighted by molar-refractivity contribution is -0.138. The maximum atomic E-state index is 12.6. The topological polar surface area (TPSA) is 46.3 Å². The van der Waals surface area contributed by atoms with E-state index in [2.05, 4.69) is 18.2 Å². The zero-order valence-electron chi connectivity index (χ0n) is 11.3. The van der Waals surface area contributed by atoms with Gasteiger partial charge in [0.25, 0.3) is 0 Å². The molecule has 0 radical (unpaired) electrons. The minimum Gasteiger partial charge on any atom is -0.334 e. The van der Waals surface area contributed by atoms with Crippen LogP contribution in [0.15, 0.2) is 24.3 Å². The fourth-order valence-corrected chi connectivity index (χ4v) is 3.58. The molecule has 1 amide bonds. The Morgan fingerprint density at radius 1 is 1.26 bits per heavy atom. The molecule has 3 rings (SSSR count). The second-order valence-corrected chi connectivity index (χ2v) is 5.71. The number of benzene rings is 1. The van der Waals surface area contributed by atoms with Gasteiger partial charge in [0.2, 0.25) is 5.91 Å². The van der Waals surface area contributed by atoms with Crippen molar-refractivity contribution in [3.8, 4) is 0 Å². The van der Waals surface area contributed by atoms with Gasteiger partial charge >= 0.3 is 0 Å². The number of rotatable bonds is 2. The van der Waals surface area contributed by atoms with Crippen LogP contribution in [0.2, 0.25) is 0 Å². The molecule has 1 heterocycles. The van der Waals surface area contributed by atoms with Crippen LogP contribution in [0.3, 0.4) is 0 Å². The van der Waals surface area contributed by atoms with Crippen LogP contribution in [0.4, 0.5) is 0 Å². The van der Waals surface area contributed by atoms with Crippen molar-refractivity contribution in [3.05, 3.63) is 35.4 Å². The molecule has 1 aliphatic carbocycles. The first-order valence-corrected chi connectivity index (χ1v) is 7.39. The first kappa shape index (κ1) is 12.7. The molecule has 1 aliphatic heterocycles. The summed E-state index contributed by atoms with van der Waals surface area (Å²) >= 11 is 0. The van der Waals surface area contributed by atoms with Gasteiger partial charge in [-0.1, -0.05) is 37.1 Å². The number of nitrogens with two attached hydrogens (primary N) is 1. The van der Waals surface area contributed by atoms with Crippen LogP contribution in [0.1, 0.15) is 42.9 Å². The van der Waals surface area contributed by atoms with Gasteiger partial charge in [0, 0.05) is 19.0 Å². The van der Waals surface area contributed by atoms with Crippen LogP contribution in [0, 0.1) is 5.92 Å². The summed E-state index contributed by atoms with van der Waals surface area (Å²) in [5.74, 6) is 0.585. The van der Waals surface area contributed by atoms with E-state index in [0.29, 0.717) is 12.5 Å². The van der Waals surface area contributed by atoms with E-state index >= 15 is 0 Å². The highest BCUT2D eigenvalue weighted by atomic mass is 16.2. The predicted octanol–water partition coefficient (Wildman–Crippen LogP) is 2.26. The first-order chi connectivity index (χ1) is 9.31. The summed E-state index contributed by atoms with van der Waals surface area (Å²) in [4.78, 5) is 14.7. The monoisotopic (exact) mass is 258 g/mol. The standard InChI is InChI=1S/C16H22N2O/c17-11-15-14-8-4-3-5-12(14)9-10-18(15)16(19)13-6-1-2-7-13/h3-5,8,13,15H,1-2,6-7,9-11,17H2. The lowest BCUT2D eigenvalue weighted by Gasteiger charge is -2.38. The Morgan fingerprint density at radius 3 is 2.74 bits per heavy atom. The zero-order chi connectivity index (χ0) is 13.2. The molecule has 1 aromatic carbocycles. The Morgan fingerprint density at radius 2 is 2.00 bits per heavy atom. The Balaban J connectivity index is 1.85. The fraction of sp³-hybridized carbons (Fsp3) is 0.562. The van der Waals surface area contributed by atoms with Crippen molar-refractivity contribution in [1.82, 2.24) is 4.90 Å². The molecule has 0 saturated heterocycles. The lowest BCUT2D eigenvalue weighted by atomic mass is 9.91. The molecule has 1 unspecified atom stereocenters. The molecule has 2 aliphatic rings. The molecule has 2 N–H and O–H groups in total. The van der Waals surface area contributed by atoms with Crippen LogP contribution in [-0.4, -0.2) is 23.9 Å². The van der Waals surface area contributed by atoms with Crippen LogP contribution < -0.4 is 5.73 Å². The van der Waals surface area contributed by atoms with Gasteiger partial charge in [-0.15, -0.1) is 0 Å². The molecular formula is C16H22N2O. The molecule has 0 aromatic heterocycles. The maximum absolute atomic E-state index is 12.6. The molecule has 0 spiro atoms. The Bertz CT molecular complexity index is 466. The third kappa shape index (κ3) is 2.27. The quantitative estimate of drug-likeness (QED) is 0.884. The Kier molecular flexibility index (Phi) is 3.56. The van der Waals surface area contributed by atoms with E-state index in [1.807, 2.05) is 11.0 Å². The largest absolute Gasteiger partial charge is 0.334 e.